The zero-order valence-corrected chi connectivity index (χ0v) is 29.9. The number of alkyl halides is 6. The van der Waals surface area contributed by atoms with Gasteiger partial charge in [0.15, 0.2) is 9.84 Å². The van der Waals surface area contributed by atoms with Gasteiger partial charge in [0.05, 0.1) is 21.9 Å². The van der Waals surface area contributed by atoms with Crippen LogP contribution in [0.1, 0.15) is 64.0 Å². The van der Waals surface area contributed by atoms with Gasteiger partial charge >= 0.3 is 18.3 Å². The maximum Gasteiger partial charge on any atom is 0.490 e. The number of oxime groups is 1. The molecule has 1 unspecified atom stereocenters. The Morgan fingerprint density at radius 3 is 2.16 bits per heavy atom. The molecule has 2 aromatic carbocycles. The molecule has 5 atom stereocenters. The van der Waals surface area contributed by atoms with Gasteiger partial charge in [0.2, 0.25) is 5.91 Å². The van der Waals surface area contributed by atoms with Gasteiger partial charge in [-0.2, -0.15) is 26.3 Å². The van der Waals surface area contributed by atoms with E-state index in [0.29, 0.717) is 18.7 Å². The van der Waals surface area contributed by atoms with E-state index in [9.17, 15) is 39.6 Å². The molecule has 284 valence electrons. The lowest BCUT2D eigenvalue weighted by molar-refractivity contribution is -0.192. The van der Waals surface area contributed by atoms with Crippen LogP contribution in [0, 0.1) is 17.8 Å². The van der Waals surface area contributed by atoms with E-state index in [2.05, 4.69) is 23.9 Å². The summed E-state index contributed by atoms with van der Waals surface area (Å²) >= 11 is 0. The van der Waals surface area contributed by atoms with Gasteiger partial charge in [-0.15, -0.1) is 0 Å². The number of nitrogens with zero attached hydrogens (tertiary/aromatic N) is 3. The third-order valence-corrected chi connectivity index (χ3v) is 11.7. The van der Waals surface area contributed by atoms with E-state index in [1.54, 1.807) is 36.4 Å². The first kappa shape index (κ1) is 41.8. The van der Waals surface area contributed by atoms with Crippen LogP contribution in [0.4, 0.5) is 26.3 Å². The molecule has 51 heavy (non-hydrogen) atoms. The van der Waals surface area contributed by atoms with Crippen molar-refractivity contribution in [2.24, 2.45) is 22.9 Å². The maximum absolute atomic E-state index is 14.0. The smallest absolute Gasteiger partial charge is 0.475 e. The van der Waals surface area contributed by atoms with Crippen LogP contribution in [0.15, 0.2) is 64.6 Å². The maximum atomic E-state index is 14.0. The van der Waals surface area contributed by atoms with Crippen molar-refractivity contribution in [1.82, 2.24) is 9.80 Å². The highest BCUT2D eigenvalue weighted by Gasteiger charge is 2.47. The molecule has 4 rings (SSSR count). The fourth-order valence-electron chi connectivity index (χ4n) is 7.14. The lowest BCUT2D eigenvalue weighted by atomic mass is 9.65. The van der Waals surface area contributed by atoms with Crippen molar-refractivity contribution in [3.8, 4) is 0 Å². The largest absolute Gasteiger partial charge is 0.490 e. The molecule has 1 saturated carbocycles. The predicted molar refractivity (Wildman–Crippen MR) is 179 cm³/mol. The second-order valence-electron chi connectivity index (χ2n) is 13.2. The van der Waals surface area contributed by atoms with Crippen molar-refractivity contribution >= 4 is 27.4 Å². The number of likely N-dealkylation sites (tertiary alicyclic amines) is 1. The van der Waals surface area contributed by atoms with E-state index in [0.717, 1.165) is 31.4 Å². The summed E-state index contributed by atoms with van der Waals surface area (Å²) in [6, 6.07) is 13.2. The fourth-order valence-corrected chi connectivity index (χ4v) is 8.91. The monoisotopic (exact) mass is 749 g/mol. The summed E-state index contributed by atoms with van der Waals surface area (Å²) < 4.78 is 101. The highest BCUT2D eigenvalue weighted by atomic mass is 32.2. The van der Waals surface area contributed by atoms with Gasteiger partial charge in [-0.25, -0.2) is 13.2 Å². The fraction of sp³-hybridized carbons (Fsp3) is 0.571. The number of benzene rings is 2. The van der Waals surface area contributed by atoms with E-state index in [-0.39, 0.29) is 58.5 Å². The van der Waals surface area contributed by atoms with Crippen LogP contribution >= 0.6 is 0 Å². The van der Waals surface area contributed by atoms with Crippen LogP contribution in [-0.4, -0.2) is 91.7 Å². The van der Waals surface area contributed by atoms with Gasteiger partial charge in [0.25, 0.3) is 0 Å². The first-order valence-corrected chi connectivity index (χ1v) is 18.2. The van der Waals surface area contributed by atoms with Crippen molar-refractivity contribution in [3.63, 3.8) is 0 Å². The number of halogens is 6. The van der Waals surface area contributed by atoms with Gasteiger partial charge in [0, 0.05) is 31.1 Å². The molecule has 1 heterocycles. The minimum absolute atomic E-state index is 0.0726. The molecule has 0 spiro atoms. The third-order valence-electron chi connectivity index (χ3n) is 9.86. The van der Waals surface area contributed by atoms with Crippen LogP contribution in [-0.2, 0) is 30.4 Å². The zero-order valence-electron chi connectivity index (χ0n) is 29.1. The Morgan fingerprint density at radius 2 is 1.65 bits per heavy atom. The van der Waals surface area contributed by atoms with E-state index < -0.39 is 39.6 Å². The van der Waals surface area contributed by atoms with E-state index in [1.807, 2.05) is 18.9 Å². The average Bonchev–Trinajstić information content (AvgIpc) is 3.49. The number of carbonyl (C=O) groups excluding carboxylic acids is 1. The summed E-state index contributed by atoms with van der Waals surface area (Å²) in [6.07, 6.45) is -6.69. The molecular weight excluding hydrogens is 704 g/mol. The molecule has 2 aromatic rings. The van der Waals surface area contributed by atoms with Crippen LogP contribution in [0.2, 0.25) is 0 Å². The summed E-state index contributed by atoms with van der Waals surface area (Å²) in [7, 11) is -0.382. The van der Waals surface area contributed by atoms with Gasteiger partial charge in [-0.1, -0.05) is 35.5 Å². The number of carboxylic acid groups (broad SMARTS) is 1. The third kappa shape index (κ3) is 10.9. The summed E-state index contributed by atoms with van der Waals surface area (Å²) in [5, 5.41) is 11.3. The molecule has 1 N–H and O–H groups in total. The molecule has 2 fully saturated rings. The number of carboxylic acids is 1. The molecule has 9 nitrogen and oxygen atoms in total. The Labute approximate surface area is 294 Å². The lowest BCUT2D eigenvalue weighted by Gasteiger charge is -2.50. The first-order chi connectivity index (χ1) is 23.7. The summed E-state index contributed by atoms with van der Waals surface area (Å²) in [5.41, 5.74) is -0.179. The Kier molecular flexibility index (Phi) is 14.1. The Balaban J connectivity index is 0.000000908. The zero-order chi connectivity index (χ0) is 38.3. The Hall–Kier alpha value is -3.66. The summed E-state index contributed by atoms with van der Waals surface area (Å²) in [4.78, 5) is 31.2. The van der Waals surface area contributed by atoms with E-state index in [1.165, 1.54) is 13.2 Å². The molecular formula is C35H45F6N3O6S. The van der Waals surface area contributed by atoms with Crippen molar-refractivity contribution in [3.05, 3.63) is 65.7 Å². The predicted octanol–water partition coefficient (Wildman–Crippen LogP) is 6.92. The number of amides is 1. The average molecular weight is 750 g/mol. The minimum Gasteiger partial charge on any atom is -0.475 e. The van der Waals surface area contributed by atoms with E-state index in [4.69, 9.17) is 14.7 Å². The SMILES string of the molecule is CON=C(C[C@@H]1[C@H](CS(=O)(=O)c2ccccc2)[C@@H](C(C)N2CCCC2=O)CC[C@H]1N(C)C(C)C)c1cccc(C(F)(F)F)c1.O=C(O)C(F)(F)F. The summed E-state index contributed by atoms with van der Waals surface area (Å²) in [6.45, 7) is 6.79. The quantitative estimate of drug-likeness (QED) is 0.151. The van der Waals surface area contributed by atoms with Crippen LogP contribution in [0.25, 0.3) is 0 Å². The van der Waals surface area contributed by atoms with Crippen LogP contribution in [0.5, 0.6) is 0 Å². The van der Waals surface area contributed by atoms with Gasteiger partial charge in [-0.05, 0) is 101 Å². The highest BCUT2D eigenvalue weighted by Crippen LogP contribution is 2.45. The topological polar surface area (TPSA) is 117 Å². The second-order valence-corrected chi connectivity index (χ2v) is 15.3. The van der Waals surface area contributed by atoms with Crippen LogP contribution < -0.4 is 0 Å². The standard InChI is InChI=1S/C33H44F3N3O4S.C2HF3O2/c1-22(2)38(4)31-17-16-27(23(3)39-18-10-15-32(39)40)29(21-44(41,42)26-13-7-6-8-14-26)28(31)20-30(37-43-5)24-11-9-12-25(19-24)33(34,35)36;3-2(4,5)1(6)7/h6-9,11-14,19,22-23,27-29,31H,10,15-18,20-21H2,1-5H3;(H,6,7)/t23?,27-,28-,29-,31-;/m1./s1. The number of aliphatic carboxylic acids is 1. The first-order valence-electron chi connectivity index (χ1n) is 16.6. The van der Waals surface area contributed by atoms with Crippen LogP contribution in [0.3, 0.4) is 0 Å². The number of rotatable bonds is 11. The number of sulfone groups is 1. The molecule has 0 aromatic heterocycles. The van der Waals surface area contributed by atoms with Gasteiger partial charge in [0.1, 0.15) is 7.11 Å². The van der Waals surface area contributed by atoms with Gasteiger partial charge in [-0.3, -0.25) is 4.79 Å². The number of carbonyl (C=O) groups is 2. The molecule has 1 aliphatic heterocycles. The molecule has 0 radical (unpaired) electrons. The lowest BCUT2D eigenvalue weighted by Crippen LogP contribution is -2.55. The summed E-state index contributed by atoms with van der Waals surface area (Å²) in [5.74, 6) is -3.68. The number of hydrogen-bond acceptors (Lipinski definition) is 7. The van der Waals surface area contributed by atoms with E-state index >= 15 is 0 Å². The Morgan fingerprint density at radius 1 is 1.02 bits per heavy atom. The molecule has 1 aliphatic carbocycles. The van der Waals surface area contributed by atoms with Gasteiger partial charge < -0.3 is 19.7 Å². The molecule has 2 aliphatic rings. The normalized spacial score (nSPS) is 22.5. The molecule has 1 amide bonds. The minimum atomic E-state index is -5.08. The Bertz CT molecular complexity index is 1620. The van der Waals surface area contributed by atoms with Crippen molar-refractivity contribution < 1.29 is 54.3 Å². The van der Waals surface area contributed by atoms with Crippen molar-refractivity contribution in [1.29, 1.82) is 0 Å². The second kappa shape index (κ2) is 17.2. The highest BCUT2D eigenvalue weighted by molar-refractivity contribution is 7.91. The molecule has 1 saturated heterocycles. The van der Waals surface area contributed by atoms with Crippen molar-refractivity contribution in [2.75, 3.05) is 26.5 Å². The van der Waals surface area contributed by atoms with Crippen molar-refractivity contribution in [2.45, 2.75) is 88.2 Å². The number of hydrogen-bond donors (Lipinski definition) is 1. The molecule has 0 bridgehead atoms. The molecule has 16 heteroatoms.